The lowest BCUT2D eigenvalue weighted by Gasteiger charge is -1.99. The number of pyridine rings is 1. The summed E-state index contributed by atoms with van der Waals surface area (Å²) < 4.78 is 0. The number of nitrogens with one attached hydrogen (secondary N) is 1. The second-order valence-electron chi connectivity index (χ2n) is 2.08. The Hall–Kier alpha value is -1.38. The molecule has 1 aromatic rings. The van der Waals surface area contributed by atoms with Crippen molar-refractivity contribution in [1.82, 2.24) is 10.3 Å². The number of carbonyl (C=O) groups is 1. The summed E-state index contributed by atoms with van der Waals surface area (Å²) in [6.45, 7) is 5.30. The first-order valence-corrected chi connectivity index (χ1v) is 3.21. The van der Waals surface area contributed by atoms with Crippen molar-refractivity contribution >= 4 is 5.91 Å². The lowest BCUT2D eigenvalue weighted by molar-refractivity contribution is -0.116. The van der Waals surface area contributed by atoms with Crippen LogP contribution in [0.25, 0.3) is 0 Å². The van der Waals surface area contributed by atoms with Crippen molar-refractivity contribution in [2.24, 2.45) is 0 Å². The Morgan fingerprint density at radius 2 is 2.55 bits per heavy atom. The molecule has 0 fully saturated rings. The summed E-state index contributed by atoms with van der Waals surface area (Å²) in [7, 11) is 0. The molecule has 0 bridgehead atoms. The van der Waals surface area contributed by atoms with Crippen LogP contribution in [0.2, 0.25) is 0 Å². The van der Waals surface area contributed by atoms with Gasteiger partial charge in [-0.25, -0.2) is 0 Å². The fourth-order valence-corrected chi connectivity index (χ4v) is 0.692. The molecule has 0 unspecified atom stereocenters. The number of nitrogens with zero attached hydrogens (tertiary/aromatic N) is 1. The number of hydrogen-bond acceptors (Lipinski definition) is 2. The molecule has 1 N–H and O–H groups in total. The zero-order valence-electron chi connectivity index (χ0n) is 5.95. The largest absolute Gasteiger partial charge is 0.352 e. The summed E-state index contributed by atoms with van der Waals surface area (Å²) in [4.78, 5) is 14.1. The van der Waals surface area contributed by atoms with Gasteiger partial charge < -0.3 is 5.32 Å². The molecule has 2 radical (unpaired) electrons. The van der Waals surface area contributed by atoms with Crippen LogP contribution in [0.1, 0.15) is 5.56 Å². The molecule has 0 saturated carbocycles. The molecule has 56 valence electrons. The molecule has 1 heterocycles. The summed E-state index contributed by atoms with van der Waals surface area (Å²) in [5.41, 5.74) is 0.936. The molecular formula is C8H8N2O. The van der Waals surface area contributed by atoms with Gasteiger partial charge in [0.2, 0.25) is 5.91 Å². The van der Waals surface area contributed by atoms with E-state index >= 15 is 0 Å². The van der Waals surface area contributed by atoms with Gasteiger partial charge in [-0.15, -0.1) is 0 Å². The Labute approximate surface area is 65.5 Å². The Bertz CT molecular complexity index is 233. The van der Waals surface area contributed by atoms with Gasteiger partial charge in [-0.05, 0) is 11.6 Å². The molecule has 1 rings (SSSR count). The average Bonchev–Trinajstić information content (AvgIpc) is 2.03. The fourth-order valence-electron chi connectivity index (χ4n) is 0.692. The minimum Gasteiger partial charge on any atom is -0.352 e. The van der Waals surface area contributed by atoms with Gasteiger partial charge in [-0.3, -0.25) is 9.78 Å². The molecule has 0 spiro atoms. The number of rotatable bonds is 2. The number of carbonyl (C=O) groups excluding carboxylic acids is 1. The summed E-state index contributed by atoms with van der Waals surface area (Å²) in [6, 6.07) is 3.67. The van der Waals surface area contributed by atoms with Crippen molar-refractivity contribution in [3.05, 3.63) is 37.0 Å². The van der Waals surface area contributed by atoms with E-state index in [0.717, 1.165) is 5.56 Å². The van der Waals surface area contributed by atoms with Crippen LogP contribution >= 0.6 is 0 Å². The zero-order chi connectivity index (χ0) is 8.10. The van der Waals surface area contributed by atoms with Crippen LogP contribution < -0.4 is 5.32 Å². The van der Waals surface area contributed by atoms with Crippen molar-refractivity contribution in [1.29, 1.82) is 0 Å². The Kier molecular flexibility index (Phi) is 2.60. The molecule has 0 aliphatic carbocycles. The molecule has 0 aliphatic rings. The number of amides is 1. The lowest BCUT2D eigenvalue weighted by Crippen LogP contribution is -2.19. The Balaban J connectivity index is 2.45. The van der Waals surface area contributed by atoms with Gasteiger partial charge >= 0.3 is 0 Å². The van der Waals surface area contributed by atoms with Gasteiger partial charge in [-0.2, -0.15) is 0 Å². The monoisotopic (exact) mass is 148 g/mol. The minimum atomic E-state index is -0.520. The highest BCUT2D eigenvalue weighted by molar-refractivity contribution is 5.79. The number of aromatic nitrogens is 1. The molecule has 0 aromatic carbocycles. The first kappa shape index (κ1) is 7.72. The Morgan fingerprint density at radius 3 is 3.09 bits per heavy atom. The zero-order valence-corrected chi connectivity index (χ0v) is 5.95. The standard InChI is InChI=1S/C8H8N2O/c1-7(11)10-6-8-3-2-4-9-5-8/h1-5H,6H2,(H,10,11). The predicted molar refractivity (Wildman–Crippen MR) is 40.4 cm³/mol. The van der Waals surface area contributed by atoms with E-state index in [9.17, 15) is 4.79 Å². The van der Waals surface area contributed by atoms with E-state index in [0.29, 0.717) is 6.54 Å². The molecule has 1 amide bonds. The van der Waals surface area contributed by atoms with Crippen LogP contribution in [0.15, 0.2) is 24.5 Å². The third-order valence-electron chi connectivity index (χ3n) is 1.19. The number of hydrogen-bond donors (Lipinski definition) is 1. The molecule has 0 saturated heterocycles. The van der Waals surface area contributed by atoms with Gasteiger partial charge in [0.15, 0.2) is 0 Å². The van der Waals surface area contributed by atoms with Crippen LogP contribution in [-0.4, -0.2) is 10.9 Å². The van der Waals surface area contributed by atoms with E-state index in [1.807, 2.05) is 6.07 Å². The van der Waals surface area contributed by atoms with Crippen molar-refractivity contribution in [2.45, 2.75) is 6.54 Å². The topological polar surface area (TPSA) is 42.0 Å². The van der Waals surface area contributed by atoms with E-state index in [-0.39, 0.29) is 0 Å². The fraction of sp³-hybridized carbons (Fsp3) is 0.125. The third-order valence-corrected chi connectivity index (χ3v) is 1.19. The van der Waals surface area contributed by atoms with E-state index in [1.165, 1.54) is 0 Å². The van der Waals surface area contributed by atoms with Crippen LogP contribution in [0.3, 0.4) is 0 Å². The average molecular weight is 148 g/mol. The minimum absolute atomic E-state index is 0.434. The molecule has 0 aliphatic heterocycles. The highest BCUT2D eigenvalue weighted by Crippen LogP contribution is 1.93. The van der Waals surface area contributed by atoms with Crippen molar-refractivity contribution in [3.63, 3.8) is 0 Å². The van der Waals surface area contributed by atoms with Gasteiger partial charge in [0.25, 0.3) is 0 Å². The lowest BCUT2D eigenvalue weighted by atomic mass is 10.3. The van der Waals surface area contributed by atoms with E-state index in [1.54, 1.807) is 18.5 Å². The first-order valence-electron chi connectivity index (χ1n) is 3.21. The Morgan fingerprint density at radius 1 is 1.73 bits per heavy atom. The third kappa shape index (κ3) is 2.80. The van der Waals surface area contributed by atoms with E-state index in [4.69, 9.17) is 6.92 Å². The van der Waals surface area contributed by atoms with Gasteiger partial charge in [0.05, 0.1) is 6.92 Å². The van der Waals surface area contributed by atoms with Crippen molar-refractivity contribution < 1.29 is 4.79 Å². The first-order chi connectivity index (χ1) is 5.29. The maximum Gasteiger partial charge on any atom is 0.225 e. The normalized spacial score (nSPS) is 9.18. The summed E-state index contributed by atoms with van der Waals surface area (Å²) in [6.07, 6.45) is 3.35. The highest BCUT2D eigenvalue weighted by Gasteiger charge is 1.92. The quantitative estimate of drug-likeness (QED) is 0.660. The van der Waals surface area contributed by atoms with Crippen molar-refractivity contribution in [3.8, 4) is 0 Å². The maximum atomic E-state index is 10.3. The summed E-state index contributed by atoms with van der Waals surface area (Å²) in [5, 5.41) is 2.46. The SMILES string of the molecule is [CH]C(=O)NCc1cccnc1. The van der Waals surface area contributed by atoms with Crippen LogP contribution in [-0.2, 0) is 11.3 Å². The van der Waals surface area contributed by atoms with E-state index in [2.05, 4.69) is 10.3 Å². The van der Waals surface area contributed by atoms with Gasteiger partial charge in [0, 0.05) is 18.9 Å². The molecular weight excluding hydrogens is 140 g/mol. The maximum absolute atomic E-state index is 10.3. The second kappa shape index (κ2) is 3.71. The van der Waals surface area contributed by atoms with Crippen LogP contribution in [0.4, 0.5) is 0 Å². The molecule has 0 atom stereocenters. The van der Waals surface area contributed by atoms with Crippen LogP contribution in [0.5, 0.6) is 0 Å². The van der Waals surface area contributed by atoms with Crippen LogP contribution in [0, 0.1) is 6.92 Å². The smallest absolute Gasteiger partial charge is 0.225 e. The highest BCUT2D eigenvalue weighted by atomic mass is 16.1. The van der Waals surface area contributed by atoms with Crippen molar-refractivity contribution in [2.75, 3.05) is 0 Å². The summed E-state index contributed by atoms with van der Waals surface area (Å²) in [5.74, 6) is -0.520. The van der Waals surface area contributed by atoms with E-state index < -0.39 is 5.91 Å². The molecule has 3 heteroatoms. The predicted octanol–water partition coefficient (Wildman–Crippen LogP) is 0.409. The molecule has 11 heavy (non-hydrogen) atoms. The van der Waals surface area contributed by atoms with Gasteiger partial charge in [-0.1, -0.05) is 6.07 Å². The molecule has 1 aromatic heterocycles. The summed E-state index contributed by atoms with van der Waals surface area (Å²) >= 11 is 0. The molecule has 3 nitrogen and oxygen atoms in total. The second-order valence-corrected chi connectivity index (χ2v) is 2.08. The van der Waals surface area contributed by atoms with Gasteiger partial charge in [0.1, 0.15) is 0 Å².